The summed E-state index contributed by atoms with van der Waals surface area (Å²) in [7, 11) is 1.37. The zero-order valence-electron chi connectivity index (χ0n) is 6.75. The molecule has 0 saturated carbocycles. The molecule has 2 unspecified atom stereocenters. The van der Waals surface area contributed by atoms with Gasteiger partial charge in [-0.05, 0) is 6.92 Å². The summed E-state index contributed by atoms with van der Waals surface area (Å²) < 4.78 is 17.4. The lowest BCUT2D eigenvalue weighted by atomic mass is 10.3. The second kappa shape index (κ2) is 3.57. The minimum Gasteiger partial charge on any atom is -0.373 e. The highest BCUT2D eigenvalue weighted by Crippen LogP contribution is 2.10. The van der Waals surface area contributed by atoms with Gasteiger partial charge < -0.3 is 15.0 Å². The van der Waals surface area contributed by atoms with E-state index in [0.717, 1.165) is 0 Å². The second-order valence-corrected chi connectivity index (χ2v) is 2.52. The van der Waals surface area contributed by atoms with Gasteiger partial charge in [0.2, 0.25) is 6.36 Å². The normalized spacial score (nSPS) is 21.5. The molecule has 0 amide bonds. The number of alkyl halides is 1. The Bertz CT molecular complexity index is 151. The van der Waals surface area contributed by atoms with Crippen molar-refractivity contribution in [1.82, 2.24) is 10.2 Å². The highest BCUT2D eigenvalue weighted by Gasteiger charge is 2.21. The van der Waals surface area contributed by atoms with E-state index in [2.05, 4.69) is 10.1 Å². The van der Waals surface area contributed by atoms with Crippen molar-refractivity contribution in [2.75, 3.05) is 13.8 Å². The summed E-state index contributed by atoms with van der Waals surface area (Å²) in [5.74, 6) is 0. The van der Waals surface area contributed by atoms with Gasteiger partial charge in [0.15, 0.2) is 0 Å². The molecule has 0 aromatic rings. The molecule has 0 spiro atoms. The number of nitrogens with zero attached hydrogens (tertiary/aromatic N) is 1. The van der Waals surface area contributed by atoms with Crippen LogP contribution < -0.4 is 5.32 Å². The molecule has 1 aliphatic heterocycles. The number of hydrogen-bond acceptors (Lipinski definition) is 3. The van der Waals surface area contributed by atoms with E-state index in [4.69, 9.17) is 0 Å². The SMILES string of the molecule is COC(F)C(C)N1C=CNC1. The lowest BCUT2D eigenvalue weighted by molar-refractivity contribution is -0.0524. The minimum absolute atomic E-state index is 0.230. The van der Waals surface area contributed by atoms with E-state index in [1.807, 2.05) is 11.1 Å². The Morgan fingerprint density at radius 3 is 2.91 bits per heavy atom. The topological polar surface area (TPSA) is 24.5 Å². The Hall–Kier alpha value is -0.770. The van der Waals surface area contributed by atoms with E-state index >= 15 is 0 Å². The summed E-state index contributed by atoms with van der Waals surface area (Å²) in [6, 6.07) is -0.230. The second-order valence-electron chi connectivity index (χ2n) is 2.52. The van der Waals surface area contributed by atoms with Gasteiger partial charge >= 0.3 is 0 Å². The van der Waals surface area contributed by atoms with Crippen LogP contribution in [-0.2, 0) is 4.74 Å². The molecule has 1 rings (SSSR count). The molecule has 0 aromatic heterocycles. The van der Waals surface area contributed by atoms with Crippen LogP contribution in [0.2, 0.25) is 0 Å². The van der Waals surface area contributed by atoms with Gasteiger partial charge in [0.05, 0.1) is 12.7 Å². The Labute approximate surface area is 65.8 Å². The van der Waals surface area contributed by atoms with Crippen molar-refractivity contribution in [2.45, 2.75) is 19.3 Å². The van der Waals surface area contributed by atoms with Crippen LogP contribution in [0.25, 0.3) is 0 Å². The maximum absolute atomic E-state index is 12.9. The third-order valence-electron chi connectivity index (χ3n) is 1.79. The van der Waals surface area contributed by atoms with Crippen LogP contribution in [0.1, 0.15) is 6.92 Å². The first-order chi connectivity index (χ1) is 5.25. The van der Waals surface area contributed by atoms with Crippen LogP contribution in [0, 0.1) is 0 Å². The number of methoxy groups -OCH3 is 1. The Morgan fingerprint density at radius 1 is 1.73 bits per heavy atom. The van der Waals surface area contributed by atoms with Gasteiger partial charge in [-0.3, -0.25) is 0 Å². The van der Waals surface area contributed by atoms with Crippen molar-refractivity contribution in [2.24, 2.45) is 0 Å². The fourth-order valence-corrected chi connectivity index (χ4v) is 0.986. The maximum Gasteiger partial charge on any atom is 0.218 e. The van der Waals surface area contributed by atoms with Gasteiger partial charge in [-0.2, -0.15) is 0 Å². The summed E-state index contributed by atoms with van der Waals surface area (Å²) >= 11 is 0. The van der Waals surface area contributed by atoms with E-state index in [1.165, 1.54) is 7.11 Å². The van der Waals surface area contributed by atoms with Gasteiger partial charge in [-0.25, -0.2) is 4.39 Å². The first kappa shape index (κ1) is 8.33. The first-order valence-electron chi connectivity index (χ1n) is 3.58. The maximum atomic E-state index is 12.9. The molecular formula is C7H13FN2O. The number of halogens is 1. The highest BCUT2D eigenvalue weighted by atomic mass is 19.1. The number of nitrogens with one attached hydrogen (secondary N) is 1. The quantitative estimate of drug-likeness (QED) is 0.656. The van der Waals surface area contributed by atoms with Crippen molar-refractivity contribution in [3.63, 3.8) is 0 Å². The third kappa shape index (κ3) is 1.83. The summed E-state index contributed by atoms with van der Waals surface area (Å²) in [6.45, 7) is 2.44. The summed E-state index contributed by atoms with van der Waals surface area (Å²) in [5, 5.41) is 2.96. The largest absolute Gasteiger partial charge is 0.373 e. The van der Waals surface area contributed by atoms with Gasteiger partial charge in [-0.1, -0.05) is 0 Å². The summed E-state index contributed by atoms with van der Waals surface area (Å²) in [5.41, 5.74) is 0. The molecule has 64 valence electrons. The molecule has 2 atom stereocenters. The minimum atomic E-state index is -1.22. The lowest BCUT2D eigenvalue weighted by Gasteiger charge is -2.25. The Morgan fingerprint density at radius 2 is 2.45 bits per heavy atom. The molecule has 3 nitrogen and oxygen atoms in total. The van der Waals surface area contributed by atoms with Crippen molar-refractivity contribution < 1.29 is 9.13 Å². The predicted molar refractivity (Wildman–Crippen MR) is 40.3 cm³/mol. The van der Waals surface area contributed by atoms with E-state index in [9.17, 15) is 4.39 Å². The number of hydrogen-bond donors (Lipinski definition) is 1. The molecule has 0 aliphatic carbocycles. The smallest absolute Gasteiger partial charge is 0.218 e. The Balaban J connectivity index is 2.39. The van der Waals surface area contributed by atoms with Crippen LogP contribution in [0.4, 0.5) is 4.39 Å². The van der Waals surface area contributed by atoms with E-state index < -0.39 is 6.36 Å². The molecule has 0 aromatic carbocycles. The molecule has 1 aliphatic rings. The summed E-state index contributed by atoms with van der Waals surface area (Å²) in [6.07, 6.45) is 2.38. The molecular weight excluding hydrogens is 147 g/mol. The van der Waals surface area contributed by atoms with Crippen LogP contribution >= 0.6 is 0 Å². The number of rotatable bonds is 3. The molecule has 4 heteroatoms. The van der Waals surface area contributed by atoms with Crippen LogP contribution in [-0.4, -0.2) is 31.1 Å². The van der Waals surface area contributed by atoms with Crippen molar-refractivity contribution >= 4 is 0 Å². The first-order valence-corrected chi connectivity index (χ1v) is 3.58. The molecule has 0 radical (unpaired) electrons. The third-order valence-corrected chi connectivity index (χ3v) is 1.79. The van der Waals surface area contributed by atoms with Crippen molar-refractivity contribution in [3.8, 4) is 0 Å². The molecule has 11 heavy (non-hydrogen) atoms. The van der Waals surface area contributed by atoms with Crippen molar-refractivity contribution in [3.05, 3.63) is 12.4 Å². The molecule has 0 saturated heterocycles. The van der Waals surface area contributed by atoms with Crippen LogP contribution in [0.3, 0.4) is 0 Å². The monoisotopic (exact) mass is 160 g/mol. The fourth-order valence-electron chi connectivity index (χ4n) is 0.986. The van der Waals surface area contributed by atoms with Gasteiger partial charge in [0, 0.05) is 19.5 Å². The van der Waals surface area contributed by atoms with E-state index in [1.54, 1.807) is 13.1 Å². The Kier molecular flexibility index (Phi) is 2.70. The number of ether oxygens (including phenoxy) is 1. The van der Waals surface area contributed by atoms with E-state index in [0.29, 0.717) is 6.67 Å². The highest BCUT2D eigenvalue weighted by molar-refractivity contribution is 4.90. The molecule has 0 bridgehead atoms. The van der Waals surface area contributed by atoms with Gasteiger partial charge in [0.25, 0.3) is 0 Å². The van der Waals surface area contributed by atoms with Crippen LogP contribution in [0.15, 0.2) is 12.4 Å². The standard InChI is InChI=1S/C7H13FN2O/c1-6(7(8)11-2)10-4-3-9-5-10/h3-4,6-7,9H,5H2,1-2H3. The zero-order valence-corrected chi connectivity index (χ0v) is 6.75. The van der Waals surface area contributed by atoms with Gasteiger partial charge in [0.1, 0.15) is 0 Å². The average molecular weight is 160 g/mol. The van der Waals surface area contributed by atoms with E-state index in [-0.39, 0.29) is 6.04 Å². The predicted octanol–water partition coefficient (Wildman–Crippen LogP) is 0.651. The van der Waals surface area contributed by atoms with Crippen molar-refractivity contribution in [1.29, 1.82) is 0 Å². The summed E-state index contributed by atoms with van der Waals surface area (Å²) in [4.78, 5) is 1.84. The van der Waals surface area contributed by atoms with Gasteiger partial charge in [-0.15, -0.1) is 0 Å². The molecule has 0 fully saturated rings. The molecule has 1 N–H and O–H groups in total. The fraction of sp³-hybridized carbons (Fsp3) is 0.714. The van der Waals surface area contributed by atoms with Crippen LogP contribution in [0.5, 0.6) is 0 Å². The lowest BCUT2D eigenvalue weighted by Crippen LogP contribution is -2.37. The molecule has 1 heterocycles. The average Bonchev–Trinajstić information content (AvgIpc) is 2.53. The zero-order chi connectivity index (χ0) is 8.27.